The molecule has 4 fully saturated rings. The zero-order chi connectivity index (χ0) is 26.7. The van der Waals surface area contributed by atoms with E-state index >= 15 is 0 Å². The summed E-state index contributed by atoms with van der Waals surface area (Å²) in [5.41, 5.74) is 0.733. The maximum absolute atomic E-state index is 12.1. The number of fused-ring (bicyclic) bond motifs is 5. The molecule has 0 amide bonds. The maximum atomic E-state index is 12.1. The van der Waals surface area contributed by atoms with Gasteiger partial charge in [0.25, 0.3) is 0 Å². The summed E-state index contributed by atoms with van der Waals surface area (Å²) in [7, 11) is -1.68. The first-order valence-electron chi connectivity index (χ1n) is 15.0. The molecule has 0 heterocycles. The van der Waals surface area contributed by atoms with Gasteiger partial charge in [0, 0.05) is 18.6 Å². The van der Waals surface area contributed by atoms with Crippen molar-refractivity contribution in [2.45, 2.75) is 130 Å². The third-order valence-corrected chi connectivity index (χ3v) is 13.2. The van der Waals surface area contributed by atoms with Gasteiger partial charge in [0.1, 0.15) is 0 Å². The Kier molecular flexibility index (Phi) is 8.08. The van der Waals surface area contributed by atoms with Gasteiger partial charge in [0.15, 0.2) is 16.6 Å². The van der Waals surface area contributed by atoms with E-state index in [4.69, 9.17) is 13.6 Å². The lowest BCUT2D eigenvalue weighted by atomic mass is 9.43. The lowest BCUT2D eigenvalue weighted by Crippen LogP contribution is -2.60. The van der Waals surface area contributed by atoms with E-state index in [9.17, 15) is 4.79 Å². The van der Waals surface area contributed by atoms with Crippen molar-refractivity contribution in [2.24, 2.45) is 46.3 Å². The van der Waals surface area contributed by atoms with Crippen LogP contribution in [-0.2, 0) is 18.4 Å². The highest BCUT2D eigenvalue weighted by molar-refractivity contribution is 6.70. The van der Waals surface area contributed by atoms with Gasteiger partial charge in [-0.25, -0.2) is 0 Å². The number of ether oxygens (including phenoxy) is 1. The zero-order valence-corrected chi connectivity index (χ0v) is 27.1. The molecule has 36 heavy (non-hydrogen) atoms. The van der Waals surface area contributed by atoms with Crippen LogP contribution in [0.15, 0.2) is 0 Å². The highest BCUT2D eigenvalue weighted by Gasteiger charge is 2.63. The second-order valence-electron chi connectivity index (χ2n) is 15.6. The number of esters is 1. The van der Waals surface area contributed by atoms with Crippen molar-refractivity contribution in [3.8, 4) is 0 Å². The Hall–Kier alpha value is -0.176. The molecule has 6 heteroatoms. The van der Waals surface area contributed by atoms with Gasteiger partial charge in [0.2, 0.25) is 0 Å². The van der Waals surface area contributed by atoms with E-state index < -0.39 is 16.6 Å². The Labute approximate surface area is 224 Å². The number of carbonyl (C=O) groups is 1. The van der Waals surface area contributed by atoms with E-state index in [0.717, 1.165) is 17.8 Å². The van der Waals surface area contributed by atoms with Gasteiger partial charge in [-0.05, 0) is 137 Å². The van der Waals surface area contributed by atoms with Crippen LogP contribution in [-0.4, -0.2) is 41.9 Å². The number of carbonyl (C=O) groups excluding carboxylic acids is 1. The Bertz CT molecular complexity index is 804. The lowest BCUT2D eigenvalue weighted by molar-refractivity contribution is -0.169. The van der Waals surface area contributed by atoms with Crippen LogP contribution in [0.4, 0.5) is 0 Å². The molecular formula is C30H56O4Si2. The van der Waals surface area contributed by atoms with Crippen molar-refractivity contribution in [1.29, 1.82) is 0 Å². The molecule has 0 saturated heterocycles. The molecule has 0 N–H and O–H groups in total. The molecule has 0 aliphatic heterocycles. The van der Waals surface area contributed by atoms with Crippen LogP contribution in [0.25, 0.3) is 0 Å². The van der Waals surface area contributed by atoms with Crippen molar-refractivity contribution in [3.63, 3.8) is 0 Å². The molecule has 4 aliphatic rings. The summed E-state index contributed by atoms with van der Waals surface area (Å²) in [5, 5.41) is 0. The van der Waals surface area contributed by atoms with Crippen LogP contribution < -0.4 is 0 Å². The van der Waals surface area contributed by atoms with Gasteiger partial charge in [-0.3, -0.25) is 4.79 Å². The van der Waals surface area contributed by atoms with Gasteiger partial charge < -0.3 is 13.6 Å². The molecule has 208 valence electrons. The highest BCUT2D eigenvalue weighted by Crippen LogP contribution is 2.69. The summed E-state index contributed by atoms with van der Waals surface area (Å²) in [4.78, 5) is 12.1. The van der Waals surface area contributed by atoms with E-state index in [2.05, 4.69) is 60.1 Å². The molecule has 0 radical (unpaired) electrons. The zero-order valence-electron chi connectivity index (χ0n) is 25.1. The van der Waals surface area contributed by atoms with Crippen LogP contribution in [0.1, 0.15) is 78.6 Å². The molecule has 4 rings (SSSR count). The molecular weight excluding hydrogens is 480 g/mol. The SMILES string of the molecule is COC(=O)C[C@@H](C)C1CCC2C3C(O[Si](C)(C)C)CC4C[C@H](O[Si](C)(C)C)CC[C@]4(C)C3CC[C@@]21C. The molecule has 0 aromatic heterocycles. The van der Waals surface area contributed by atoms with Gasteiger partial charge >= 0.3 is 5.97 Å². The summed E-state index contributed by atoms with van der Waals surface area (Å²) in [5.74, 6) is 3.82. The minimum Gasteiger partial charge on any atom is -0.469 e. The molecule has 6 unspecified atom stereocenters. The van der Waals surface area contributed by atoms with E-state index in [-0.39, 0.29) is 5.97 Å². The van der Waals surface area contributed by atoms with Crippen LogP contribution in [0.2, 0.25) is 39.3 Å². The quantitative estimate of drug-likeness (QED) is 0.245. The Morgan fingerprint density at radius 1 is 0.861 bits per heavy atom. The summed E-state index contributed by atoms with van der Waals surface area (Å²) in [6.07, 6.45) is 11.6. The van der Waals surface area contributed by atoms with Crippen molar-refractivity contribution in [3.05, 3.63) is 0 Å². The summed E-state index contributed by atoms with van der Waals surface area (Å²) in [6, 6.07) is 0. The van der Waals surface area contributed by atoms with Crippen LogP contribution in [0.5, 0.6) is 0 Å². The molecule has 10 atom stereocenters. The fraction of sp³-hybridized carbons (Fsp3) is 0.967. The minimum absolute atomic E-state index is 0.0477. The van der Waals surface area contributed by atoms with Crippen LogP contribution in [0, 0.1) is 46.3 Å². The fourth-order valence-electron chi connectivity index (χ4n) is 9.81. The van der Waals surface area contributed by atoms with Gasteiger partial charge in [-0.1, -0.05) is 20.8 Å². The average molecular weight is 537 g/mol. The molecule has 0 spiro atoms. The first-order chi connectivity index (χ1) is 16.6. The largest absolute Gasteiger partial charge is 0.469 e. The Morgan fingerprint density at radius 2 is 1.47 bits per heavy atom. The smallest absolute Gasteiger partial charge is 0.305 e. The second-order valence-corrected chi connectivity index (χ2v) is 24.5. The molecule has 0 aromatic rings. The average Bonchev–Trinajstić information content (AvgIpc) is 3.09. The monoisotopic (exact) mass is 536 g/mol. The summed E-state index contributed by atoms with van der Waals surface area (Å²) >= 11 is 0. The highest BCUT2D eigenvalue weighted by atomic mass is 28.4. The fourth-order valence-corrected chi connectivity index (χ4v) is 12.2. The molecule has 0 bridgehead atoms. The van der Waals surface area contributed by atoms with E-state index in [1.54, 1.807) is 0 Å². The Balaban J connectivity index is 1.61. The number of hydrogen-bond acceptors (Lipinski definition) is 4. The van der Waals surface area contributed by atoms with Crippen molar-refractivity contribution in [2.75, 3.05) is 7.11 Å². The third-order valence-electron chi connectivity index (χ3n) is 11.1. The first-order valence-corrected chi connectivity index (χ1v) is 21.8. The van der Waals surface area contributed by atoms with E-state index in [1.807, 2.05) is 0 Å². The summed E-state index contributed by atoms with van der Waals surface area (Å²) in [6.45, 7) is 21.7. The van der Waals surface area contributed by atoms with Crippen LogP contribution >= 0.6 is 0 Å². The van der Waals surface area contributed by atoms with Crippen molar-refractivity contribution >= 4 is 22.6 Å². The molecule has 4 saturated carbocycles. The lowest BCUT2D eigenvalue weighted by Gasteiger charge is -2.64. The van der Waals surface area contributed by atoms with E-state index in [1.165, 1.54) is 58.5 Å². The molecule has 0 aromatic carbocycles. The number of rotatable bonds is 7. The van der Waals surface area contributed by atoms with Crippen molar-refractivity contribution < 1.29 is 18.4 Å². The topological polar surface area (TPSA) is 44.8 Å². The normalized spacial score (nSPS) is 43.8. The van der Waals surface area contributed by atoms with Crippen LogP contribution in [0.3, 0.4) is 0 Å². The van der Waals surface area contributed by atoms with Crippen molar-refractivity contribution in [1.82, 2.24) is 0 Å². The predicted molar refractivity (Wildman–Crippen MR) is 153 cm³/mol. The predicted octanol–water partition coefficient (Wildman–Crippen LogP) is 7.89. The summed E-state index contributed by atoms with van der Waals surface area (Å²) < 4.78 is 18.9. The standard InChI is InChI=1S/C30H56O4Si2/c1-20(17-27(31)32-4)23-11-12-24-28-25(14-16-30(23,24)3)29(2)15-13-22(33-35(5,6)7)18-21(29)19-26(28)34-36(8,9)10/h20-26,28H,11-19H2,1-10H3/t20-,21?,22-,23?,24?,25?,26?,28?,29+,30-/m1/s1. The maximum Gasteiger partial charge on any atom is 0.305 e. The van der Waals surface area contributed by atoms with Gasteiger partial charge in [-0.15, -0.1) is 0 Å². The first kappa shape index (κ1) is 28.8. The Morgan fingerprint density at radius 3 is 2.08 bits per heavy atom. The second kappa shape index (κ2) is 10.1. The minimum atomic E-state index is -1.68. The number of methoxy groups -OCH3 is 1. The van der Waals surface area contributed by atoms with Gasteiger partial charge in [0.05, 0.1) is 7.11 Å². The third kappa shape index (κ3) is 5.58. The molecule has 4 aliphatic carbocycles. The number of hydrogen-bond donors (Lipinski definition) is 0. The van der Waals surface area contributed by atoms with E-state index in [0.29, 0.717) is 47.2 Å². The van der Waals surface area contributed by atoms with Gasteiger partial charge in [-0.2, -0.15) is 0 Å². The molecule has 4 nitrogen and oxygen atoms in total.